The van der Waals surface area contributed by atoms with Crippen LogP contribution in [0.25, 0.3) is 0 Å². The number of fused-ring (bicyclic) bond motifs is 1. The SMILES string of the molecule is O=C(N1CCCCC1)N1CCCC(c2nnc3n2CCNC3)C1. The molecule has 3 aliphatic heterocycles. The van der Waals surface area contributed by atoms with Gasteiger partial charge in [-0.3, -0.25) is 0 Å². The van der Waals surface area contributed by atoms with Crippen LogP contribution in [-0.4, -0.2) is 63.3 Å². The zero-order chi connectivity index (χ0) is 15.6. The van der Waals surface area contributed by atoms with E-state index < -0.39 is 0 Å². The van der Waals surface area contributed by atoms with Crippen LogP contribution in [-0.2, 0) is 13.1 Å². The number of rotatable bonds is 1. The average Bonchev–Trinajstić information content (AvgIpc) is 3.06. The molecule has 4 rings (SSSR count). The minimum atomic E-state index is 0.231. The van der Waals surface area contributed by atoms with Gasteiger partial charge in [-0.2, -0.15) is 0 Å². The molecule has 7 heteroatoms. The van der Waals surface area contributed by atoms with Crippen molar-refractivity contribution < 1.29 is 4.79 Å². The molecular weight excluding hydrogens is 292 g/mol. The molecule has 1 atom stereocenters. The van der Waals surface area contributed by atoms with E-state index in [2.05, 4.69) is 20.1 Å². The minimum Gasteiger partial charge on any atom is -0.325 e. The van der Waals surface area contributed by atoms with E-state index in [0.29, 0.717) is 5.92 Å². The van der Waals surface area contributed by atoms with Crippen LogP contribution in [0, 0.1) is 0 Å². The second-order valence-corrected chi connectivity index (χ2v) is 6.92. The number of carbonyl (C=O) groups is 1. The maximum atomic E-state index is 12.8. The van der Waals surface area contributed by atoms with Crippen molar-refractivity contribution in [2.45, 2.75) is 51.1 Å². The highest BCUT2D eigenvalue weighted by molar-refractivity contribution is 5.74. The molecule has 0 aliphatic carbocycles. The summed E-state index contributed by atoms with van der Waals surface area (Å²) in [5.41, 5.74) is 0. The number of amides is 2. The fraction of sp³-hybridized carbons (Fsp3) is 0.812. The maximum absolute atomic E-state index is 12.8. The summed E-state index contributed by atoms with van der Waals surface area (Å²) in [6.45, 7) is 6.23. The van der Waals surface area contributed by atoms with Crippen LogP contribution < -0.4 is 5.32 Å². The number of piperidine rings is 2. The summed E-state index contributed by atoms with van der Waals surface area (Å²) >= 11 is 0. The zero-order valence-electron chi connectivity index (χ0n) is 13.7. The van der Waals surface area contributed by atoms with Gasteiger partial charge in [-0.15, -0.1) is 10.2 Å². The lowest BCUT2D eigenvalue weighted by Crippen LogP contribution is -2.49. The normalized spacial score (nSPS) is 25.3. The van der Waals surface area contributed by atoms with Gasteiger partial charge in [0.2, 0.25) is 0 Å². The Balaban J connectivity index is 1.46. The second-order valence-electron chi connectivity index (χ2n) is 6.92. The van der Waals surface area contributed by atoms with Crippen molar-refractivity contribution in [1.82, 2.24) is 29.9 Å². The molecule has 23 heavy (non-hydrogen) atoms. The summed E-state index contributed by atoms with van der Waals surface area (Å²) in [4.78, 5) is 16.8. The number of nitrogens with one attached hydrogen (secondary N) is 1. The molecule has 1 N–H and O–H groups in total. The predicted octanol–water partition coefficient (Wildman–Crippen LogP) is 1.17. The molecular formula is C16H26N6O. The maximum Gasteiger partial charge on any atom is 0.320 e. The molecule has 2 saturated heterocycles. The summed E-state index contributed by atoms with van der Waals surface area (Å²) in [6, 6.07) is 0.231. The van der Waals surface area contributed by atoms with Gasteiger partial charge in [0.15, 0.2) is 0 Å². The summed E-state index contributed by atoms with van der Waals surface area (Å²) in [5.74, 6) is 2.44. The number of nitrogens with zero attached hydrogens (tertiary/aromatic N) is 5. The van der Waals surface area contributed by atoms with Crippen molar-refractivity contribution >= 4 is 6.03 Å². The van der Waals surface area contributed by atoms with E-state index >= 15 is 0 Å². The molecule has 0 spiro atoms. The monoisotopic (exact) mass is 318 g/mol. The molecule has 1 aromatic rings. The van der Waals surface area contributed by atoms with Crippen molar-refractivity contribution in [1.29, 1.82) is 0 Å². The summed E-state index contributed by atoms with van der Waals surface area (Å²) in [6.07, 6.45) is 5.72. The Morgan fingerprint density at radius 3 is 2.70 bits per heavy atom. The number of hydrogen-bond acceptors (Lipinski definition) is 4. The lowest BCUT2D eigenvalue weighted by molar-refractivity contribution is 0.129. The summed E-state index contributed by atoms with van der Waals surface area (Å²) in [5, 5.41) is 12.1. The fourth-order valence-electron chi connectivity index (χ4n) is 4.06. The van der Waals surface area contributed by atoms with Crippen LogP contribution >= 0.6 is 0 Å². The molecule has 2 amide bonds. The standard InChI is InChI=1S/C16H26N6O/c23-16(20-7-2-1-3-8-20)21-9-4-5-13(12-21)15-19-18-14-11-17-6-10-22(14)15/h13,17H,1-12H2. The first-order chi connectivity index (χ1) is 11.3. The largest absolute Gasteiger partial charge is 0.325 e. The Kier molecular flexibility index (Phi) is 4.20. The van der Waals surface area contributed by atoms with Crippen LogP contribution in [0.1, 0.15) is 49.7 Å². The molecule has 0 bridgehead atoms. The van der Waals surface area contributed by atoms with Crippen molar-refractivity contribution in [3.8, 4) is 0 Å². The molecule has 7 nitrogen and oxygen atoms in total. The number of likely N-dealkylation sites (tertiary alicyclic amines) is 2. The molecule has 3 aliphatic rings. The third-order valence-electron chi connectivity index (χ3n) is 5.33. The Bertz CT molecular complexity index is 565. The third kappa shape index (κ3) is 2.94. The summed E-state index contributed by atoms with van der Waals surface area (Å²) in [7, 11) is 0. The van der Waals surface area contributed by atoms with E-state index in [9.17, 15) is 4.79 Å². The minimum absolute atomic E-state index is 0.231. The van der Waals surface area contributed by atoms with Gasteiger partial charge in [-0.25, -0.2) is 4.79 Å². The van der Waals surface area contributed by atoms with Crippen molar-refractivity contribution in [2.75, 3.05) is 32.7 Å². The van der Waals surface area contributed by atoms with Gasteiger partial charge < -0.3 is 19.7 Å². The third-order valence-corrected chi connectivity index (χ3v) is 5.33. The Labute approximate surface area is 137 Å². The molecule has 126 valence electrons. The van der Waals surface area contributed by atoms with E-state index in [0.717, 1.165) is 83.1 Å². The second kappa shape index (κ2) is 6.47. The zero-order valence-corrected chi connectivity index (χ0v) is 13.7. The highest BCUT2D eigenvalue weighted by atomic mass is 16.2. The van der Waals surface area contributed by atoms with Gasteiger partial charge in [0.1, 0.15) is 11.6 Å². The van der Waals surface area contributed by atoms with Crippen LogP contribution in [0.4, 0.5) is 4.79 Å². The van der Waals surface area contributed by atoms with Gasteiger partial charge in [0.05, 0.1) is 6.54 Å². The first-order valence-corrected chi connectivity index (χ1v) is 8.99. The molecule has 0 saturated carbocycles. The number of hydrogen-bond donors (Lipinski definition) is 1. The Morgan fingerprint density at radius 1 is 1.00 bits per heavy atom. The van der Waals surface area contributed by atoms with Crippen LogP contribution in [0.15, 0.2) is 0 Å². The number of aromatic nitrogens is 3. The highest BCUT2D eigenvalue weighted by Gasteiger charge is 2.31. The van der Waals surface area contributed by atoms with Crippen LogP contribution in [0.2, 0.25) is 0 Å². The average molecular weight is 318 g/mol. The smallest absolute Gasteiger partial charge is 0.320 e. The van der Waals surface area contributed by atoms with Crippen molar-refractivity contribution in [3.05, 3.63) is 11.6 Å². The lowest BCUT2D eigenvalue weighted by Gasteiger charge is -2.37. The molecule has 0 radical (unpaired) electrons. The van der Waals surface area contributed by atoms with Crippen molar-refractivity contribution in [3.63, 3.8) is 0 Å². The van der Waals surface area contributed by atoms with E-state index in [-0.39, 0.29) is 6.03 Å². The van der Waals surface area contributed by atoms with Gasteiger partial charge in [0, 0.05) is 45.2 Å². The van der Waals surface area contributed by atoms with Gasteiger partial charge in [-0.1, -0.05) is 0 Å². The van der Waals surface area contributed by atoms with Gasteiger partial charge in [-0.05, 0) is 32.1 Å². The molecule has 0 aromatic carbocycles. The quantitative estimate of drug-likeness (QED) is 0.844. The molecule has 1 unspecified atom stereocenters. The number of urea groups is 1. The molecule has 4 heterocycles. The Hall–Kier alpha value is -1.63. The predicted molar refractivity (Wildman–Crippen MR) is 86.1 cm³/mol. The van der Waals surface area contributed by atoms with Crippen LogP contribution in [0.3, 0.4) is 0 Å². The van der Waals surface area contributed by atoms with Gasteiger partial charge in [0.25, 0.3) is 0 Å². The Morgan fingerprint density at radius 2 is 1.83 bits per heavy atom. The highest BCUT2D eigenvalue weighted by Crippen LogP contribution is 2.27. The summed E-state index contributed by atoms with van der Waals surface area (Å²) < 4.78 is 2.26. The van der Waals surface area contributed by atoms with E-state index in [4.69, 9.17) is 0 Å². The van der Waals surface area contributed by atoms with Gasteiger partial charge >= 0.3 is 6.03 Å². The van der Waals surface area contributed by atoms with E-state index in [1.165, 1.54) is 6.42 Å². The van der Waals surface area contributed by atoms with Crippen LogP contribution in [0.5, 0.6) is 0 Å². The topological polar surface area (TPSA) is 66.3 Å². The van der Waals surface area contributed by atoms with E-state index in [1.807, 2.05) is 9.80 Å². The molecule has 1 aromatic heterocycles. The first kappa shape index (κ1) is 14.9. The fourth-order valence-corrected chi connectivity index (χ4v) is 4.06. The van der Waals surface area contributed by atoms with E-state index in [1.54, 1.807) is 0 Å². The van der Waals surface area contributed by atoms with Crippen molar-refractivity contribution in [2.24, 2.45) is 0 Å². The molecule has 2 fully saturated rings. The lowest BCUT2D eigenvalue weighted by atomic mass is 9.97. The first-order valence-electron chi connectivity index (χ1n) is 8.99. The number of carbonyl (C=O) groups excluding carboxylic acids is 1.